The first kappa shape index (κ1) is 12.2. The Morgan fingerprint density at radius 1 is 1.17 bits per heavy atom. The van der Waals surface area contributed by atoms with Crippen LogP contribution in [0.1, 0.15) is 5.56 Å². The molecule has 0 unspecified atom stereocenters. The van der Waals surface area contributed by atoms with Crippen LogP contribution < -0.4 is 11.1 Å². The maximum Gasteiger partial charge on any atom is 0.221 e. The average Bonchev–Trinajstić information content (AvgIpc) is 2.27. The predicted octanol–water partition coefficient (Wildman–Crippen LogP) is 2.09. The average molecular weight is 254 g/mol. The van der Waals surface area contributed by atoms with Gasteiger partial charge in [-0.25, -0.2) is 18.2 Å². The molecule has 0 aliphatic carbocycles. The van der Waals surface area contributed by atoms with E-state index in [-0.39, 0.29) is 18.1 Å². The van der Waals surface area contributed by atoms with Crippen molar-refractivity contribution in [3.05, 3.63) is 47.4 Å². The van der Waals surface area contributed by atoms with Crippen LogP contribution >= 0.6 is 0 Å². The van der Waals surface area contributed by atoms with Crippen molar-refractivity contribution >= 4 is 11.8 Å². The molecule has 0 aliphatic heterocycles. The molecule has 0 bridgehead atoms. The van der Waals surface area contributed by atoms with Crippen LogP contribution in [-0.2, 0) is 6.54 Å². The Morgan fingerprint density at radius 3 is 2.44 bits per heavy atom. The SMILES string of the molecule is Nc1nccc(NCc2c(F)cc(F)cc2F)n1. The molecule has 2 rings (SSSR count). The molecule has 94 valence electrons. The minimum Gasteiger partial charge on any atom is -0.368 e. The van der Waals surface area contributed by atoms with Gasteiger partial charge in [0.15, 0.2) is 0 Å². The van der Waals surface area contributed by atoms with Gasteiger partial charge in [-0.05, 0) is 6.07 Å². The Morgan fingerprint density at radius 2 is 1.83 bits per heavy atom. The molecule has 1 aromatic carbocycles. The quantitative estimate of drug-likeness (QED) is 0.880. The molecule has 0 saturated heterocycles. The number of halogens is 3. The highest BCUT2D eigenvalue weighted by molar-refractivity contribution is 5.38. The van der Waals surface area contributed by atoms with Crippen molar-refractivity contribution in [2.45, 2.75) is 6.54 Å². The molecule has 2 aromatic rings. The topological polar surface area (TPSA) is 63.8 Å². The maximum atomic E-state index is 13.3. The van der Waals surface area contributed by atoms with E-state index in [0.29, 0.717) is 18.0 Å². The Bertz CT molecular complexity index is 551. The first-order valence-corrected chi connectivity index (χ1v) is 5.02. The summed E-state index contributed by atoms with van der Waals surface area (Å²) in [6.45, 7) is -0.172. The first-order chi connectivity index (χ1) is 8.56. The summed E-state index contributed by atoms with van der Waals surface area (Å²) in [7, 11) is 0. The van der Waals surface area contributed by atoms with Crippen LogP contribution in [-0.4, -0.2) is 9.97 Å². The lowest BCUT2D eigenvalue weighted by Crippen LogP contribution is -2.07. The Kier molecular flexibility index (Phi) is 3.31. The molecule has 3 N–H and O–H groups in total. The van der Waals surface area contributed by atoms with E-state index in [0.717, 1.165) is 0 Å². The zero-order valence-electron chi connectivity index (χ0n) is 9.12. The molecule has 0 saturated carbocycles. The van der Waals surface area contributed by atoms with Gasteiger partial charge in [-0.15, -0.1) is 0 Å². The molecule has 0 aliphatic rings. The van der Waals surface area contributed by atoms with Crippen molar-refractivity contribution in [3.63, 3.8) is 0 Å². The van der Waals surface area contributed by atoms with Crippen LogP contribution in [0, 0.1) is 17.5 Å². The molecule has 1 aromatic heterocycles. The molecule has 0 amide bonds. The van der Waals surface area contributed by atoms with Crippen LogP contribution in [0.15, 0.2) is 24.4 Å². The molecule has 1 heterocycles. The van der Waals surface area contributed by atoms with Crippen LogP contribution in [0.25, 0.3) is 0 Å². The number of anilines is 2. The molecule has 0 radical (unpaired) electrons. The van der Waals surface area contributed by atoms with Gasteiger partial charge >= 0.3 is 0 Å². The number of nitrogen functional groups attached to an aromatic ring is 1. The molecular formula is C11H9F3N4. The lowest BCUT2D eigenvalue weighted by molar-refractivity contribution is 0.526. The second-order valence-corrected chi connectivity index (χ2v) is 3.50. The van der Waals surface area contributed by atoms with E-state index >= 15 is 0 Å². The molecule has 18 heavy (non-hydrogen) atoms. The third-order valence-electron chi connectivity index (χ3n) is 2.23. The summed E-state index contributed by atoms with van der Waals surface area (Å²) in [6.07, 6.45) is 1.40. The largest absolute Gasteiger partial charge is 0.368 e. The van der Waals surface area contributed by atoms with Gasteiger partial charge in [-0.2, -0.15) is 4.98 Å². The van der Waals surface area contributed by atoms with Crippen LogP contribution in [0.4, 0.5) is 24.9 Å². The molecule has 0 fully saturated rings. The zero-order chi connectivity index (χ0) is 13.1. The number of benzene rings is 1. The highest BCUT2D eigenvalue weighted by atomic mass is 19.1. The fraction of sp³-hybridized carbons (Fsp3) is 0.0909. The van der Waals surface area contributed by atoms with Gasteiger partial charge in [0.2, 0.25) is 5.95 Å². The number of aromatic nitrogens is 2. The highest BCUT2D eigenvalue weighted by Crippen LogP contribution is 2.16. The van der Waals surface area contributed by atoms with Crippen LogP contribution in [0.2, 0.25) is 0 Å². The summed E-state index contributed by atoms with van der Waals surface area (Å²) in [5.41, 5.74) is 5.08. The maximum absolute atomic E-state index is 13.3. The molecular weight excluding hydrogens is 245 g/mol. The molecule has 4 nitrogen and oxygen atoms in total. The van der Waals surface area contributed by atoms with Crippen LogP contribution in [0.3, 0.4) is 0 Å². The number of nitrogens with zero attached hydrogens (tertiary/aromatic N) is 2. The zero-order valence-corrected chi connectivity index (χ0v) is 9.12. The van der Waals surface area contributed by atoms with Crippen molar-refractivity contribution in [3.8, 4) is 0 Å². The lowest BCUT2D eigenvalue weighted by Gasteiger charge is -2.08. The normalized spacial score (nSPS) is 10.4. The molecule has 7 heteroatoms. The highest BCUT2D eigenvalue weighted by Gasteiger charge is 2.11. The van der Waals surface area contributed by atoms with Crippen LogP contribution in [0.5, 0.6) is 0 Å². The predicted molar refractivity (Wildman–Crippen MR) is 60.1 cm³/mol. The van der Waals surface area contributed by atoms with Gasteiger partial charge in [0.1, 0.15) is 23.3 Å². The summed E-state index contributed by atoms with van der Waals surface area (Å²) in [4.78, 5) is 7.47. The number of hydrogen-bond acceptors (Lipinski definition) is 4. The number of rotatable bonds is 3. The van der Waals surface area contributed by atoms with E-state index < -0.39 is 17.5 Å². The van der Waals surface area contributed by atoms with Gasteiger partial charge in [0, 0.05) is 30.4 Å². The third kappa shape index (κ3) is 2.68. The van der Waals surface area contributed by atoms with Gasteiger partial charge in [0.25, 0.3) is 0 Å². The minimum absolute atomic E-state index is 0.0417. The van der Waals surface area contributed by atoms with Crippen molar-refractivity contribution in [2.75, 3.05) is 11.1 Å². The van der Waals surface area contributed by atoms with E-state index in [9.17, 15) is 13.2 Å². The lowest BCUT2D eigenvalue weighted by atomic mass is 10.2. The van der Waals surface area contributed by atoms with Crippen molar-refractivity contribution < 1.29 is 13.2 Å². The second kappa shape index (κ2) is 4.91. The summed E-state index contributed by atoms with van der Waals surface area (Å²) in [6, 6.07) is 2.73. The van der Waals surface area contributed by atoms with Crippen molar-refractivity contribution in [1.82, 2.24) is 9.97 Å². The fourth-order valence-corrected chi connectivity index (χ4v) is 1.39. The smallest absolute Gasteiger partial charge is 0.221 e. The van der Waals surface area contributed by atoms with E-state index in [2.05, 4.69) is 15.3 Å². The summed E-state index contributed by atoms with van der Waals surface area (Å²) >= 11 is 0. The standard InChI is InChI=1S/C11H9F3N4/c12-6-3-8(13)7(9(14)4-6)5-17-10-1-2-16-11(15)18-10/h1-4H,5H2,(H3,15,16,17,18). The van der Waals surface area contributed by atoms with Crippen molar-refractivity contribution in [2.24, 2.45) is 0 Å². The monoisotopic (exact) mass is 254 g/mol. The molecule has 0 atom stereocenters. The van der Waals surface area contributed by atoms with Crippen molar-refractivity contribution in [1.29, 1.82) is 0 Å². The molecule has 0 spiro atoms. The summed E-state index contributed by atoms with van der Waals surface area (Å²) in [5, 5.41) is 2.67. The van der Waals surface area contributed by atoms with Gasteiger partial charge < -0.3 is 11.1 Å². The Labute approximate surface area is 101 Å². The minimum atomic E-state index is -0.958. The number of hydrogen-bond donors (Lipinski definition) is 2. The van der Waals surface area contributed by atoms with E-state index in [1.54, 1.807) is 0 Å². The third-order valence-corrected chi connectivity index (χ3v) is 2.23. The first-order valence-electron chi connectivity index (χ1n) is 5.02. The number of nitrogens with one attached hydrogen (secondary N) is 1. The van der Waals surface area contributed by atoms with E-state index in [4.69, 9.17) is 5.73 Å². The fourth-order valence-electron chi connectivity index (χ4n) is 1.39. The Balaban J connectivity index is 2.16. The van der Waals surface area contributed by atoms with Gasteiger partial charge in [-0.3, -0.25) is 0 Å². The van der Waals surface area contributed by atoms with Gasteiger partial charge in [-0.1, -0.05) is 0 Å². The van der Waals surface area contributed by atoms with E-state index in [1.807, 2.05) is 0 Å². The second-order valence-electron chi connectivity index (χ2n) is 3.50. The van der Waals surface area contributed by atoms with Gasteiger partial charge in [0.05, 0.1) is 0 Å². The summed E-state index contributed by atoms with van der Waals surface area (Å²) < 4.78 is 39.3. The Hall–Kier alpha value is -2.31. The summed E-state index contributed by atoms with van der Waals surface area (Å²) in [5.74, 6) is -2.50. The number of nitrogens with two attached hydrogens (primary N) is 1. The van der Waals surface area contributed by atoms with E-state index in [1.165, 1.54) is 12.3 Å².